The molecule has 0 radical (unpaired) electrons. The highest BCUT2D eigenvalue weighted by Crippen LogP contribution is 2.24. The average Bonchev–Trinajstić information content (AvgIpc) is 2.17. The van der Waals surface area contributed by atoms with Crippen molar-refractivity contribution in [2.24, 2.45) is 11.1 Å². The van der Waals surface area contributed by atoms with Crippen LogP contribution in [-0.2, 0) is 0 Å². The lowest BCUT2D eigenvalue weighted by Crippen LogP contribution is -2.55. The van der Waals surface area contributed by atoms with Crippen LogP contribution in [0, 0.1) is 5.41 Å². The Kier molecular flexibility index (Phi) is 4.77. The number of hydrogen-bond donors (Lipinski definition) is 1. The number of nitrogens with two attached hydrogens (primary N) is 1. The molecule has 2 unspecified atom stereocenters. The molecule has 1 saturated heterocycles. The highest BCUT2D eigenvalue weighted by atomic mass is 15.3. The summed E-state index contributed by atoms with van der Waals surface area (Å²) in [5.74, 6) is 0. The number of likely N-dealkylation sites (N-methyl/N-ethyl adjacent to an activating group) is 1. The van der Waals surface area contributed by atoms with E-state index < -0.39 is 0 Å². The maximum absolute atomic E-state index is 5.94. The molecule has 0 amide bonds. The van der Waals surface area contributed by atoms with Crippen LogP contribution in [0.3, 0.4) is 0 Å². The molecular weight excluding hydrogens is 198 g/mol. The molecule has 0 aromatic carbocycles. The smallest absolute Gasteiger partial charge is 0.0224 e. The third-order valence-electron chi connectivity index (χ3n) is 3.63. The number of nitrogens with zero attached hydrogens (tertiary/aromatic N) is 2. The van der Waals surface area contributed by atoms with Crippen LogP contribution in [0.4, 0.5) is 0 Å². The highest BCUT2D eigenvalue weighted by molar-refractivity contribution is 4.84. The van der Waals surface area contributed by atoms with Crippen molar-refractivity contribution in [1.29, 1.82) is 0 Å². The van der Waals surface area contributed by atoms with Gasteiger partial charge in [0.2, 0.25) is 0 Å². The summed E-state index contributed by atoms with van der Waals surface area (Å²) in [6.45, 7) is 13.5. The molecule has 0 bridgehead atoms. The lowest BCUT2D eigenvalue weighted by Gasteiger charge is -2.43. The summed E-state index contributed by atoms with van der Waals surface area (Å²) in [5.41, 5.74) is 6.31. The molecule has 0 aromatic heterocycles. The highest BCUT2D eigenvalue weighted by Gasteiger charge is 2.28. The maximum Gasteiger partial charge on any atom is 0.0224 e. The Morgan fingerprint density at radius 3 is 2.38 bits per heavy atom. The molecule has 3 heteroatoms. The van der Waals surface area contributed by atoms with Crippen molar-refractivity contribution < 1.29 is 0 Å². The van der Waals surface area contributed by atoms with Gasteiger partial charge in [0.25, 0.3) is 0 Å². The Balaban J connectivity index is 2.54. The van der Waals surface area contributed by atoms with Gasteiger partial charge < -0.3 is 10.6 Å². The van der Waals surface area contributed by atoms with Crippen molar-refractivity contribution in [2.45, 2.75) is 46.2 Å². The number of piperazine rings is 1. The molecule has 0 spiro atoms. The van der Waals surface area contributed by atoms with Gasteiger partial charge in [0.1, 0.15) is 0 Å². The Morgan fingerprint density at radius 1 is 1.31 bits per heavy atom. The molecule has 0 aromatic rings. The monoisotopic (exact) mass is 227 g/mol. The van der Waals surface area contributed by atoms with E-state index in [1.807, 2.05) is 0 Å². The van der Waals surface area contributed by atoms with E-state index in [0.717, 1.165) is 13.1 Å². The van der Waals surface area contributed by atoms with Crippen molar-refractivity contribution in [3.05, 3.63) is 0 Å². The quantitative estimate of drug-likeness (QED) is 0.791. The summed E-state index contributed by atoms with van der Waals surface area (Å²) >= 11 is 0. The van der Waals surface area contributed by atoms with Gasteiger partial charge in [-0.3, -0.25) is 4.90 Å². The molecule has 2 N–H and O–H groups in total. The van der Waals surface area contributed by atoms with Gasteiger partial charge in [0.15, 0.2) is 0 Å². The summed E-state index contributed by atoms with van der Waals surface area (Å²) in [6, 6.07) is 1.21. The van der Waals surface area contributed by atoms with E-state index in [-0.39, 0.29) is 0 Å². The molecular formula is C13H29N3. The van der Waals surface area contributed by atoms with Crippen LogP contribution in [0.15, 0.2) is 0 Å². The zero-order chi connectivity index (χ0) is 12.3. The molecule has 16 heavy (non-hydrogen) atoms. The largest absolute Gasteiger partial charge is 0.329 e. The van der Waals surface area contributed by atoms with Crippen LogP contribution in [0.5, 0.6) is 0 Å². The Morgan fingerprint density at radius 2 is 1.94 bits per heavy atom. The average molecular weight is 227 g/mol. The van der Waals surface area contributed by atoms with Crippen molar-refractivity contribution in [2.75, 3.05) is 33.2 Å². The zero-order valence-corrected chi connectivity index (χ0v) is 11.7. The minimum atomic E-state index is 0.372. The molecule has 1 aliphatic rings. The van der Waals surface area contributed by atoms with Crippen molar-refractivity contribution in [1.82, 2.24) is 9.80 Å². The van der Waals surface area contributed by atoms with Crippen molar-refractivity contribution in [3.8, 4) is 0 Å². The first-order valence-electron chi connectivity index (χ1n) is 6.48. The fourth-order valence-corrected chi connectivity index (χ4v) is 2.48. The van der Waals surface area contributed by atoms with Gasteiger partial charge in [-0.25, -0.2) is 0 Å². The summed E-state index contributed by atoms with van der Waals surface area (Å²) < 4.78 is 0. The summed E-state index contributed by atoms with van der Waals surface area (Å²) in [7, 11) is 2.21. The Hall–Kier alpha value is -0.120. The van der Waals surface area contributed by atoms with E-state index in [1.165, 1.54) is 19.5 Å². The third kappa shape index (κ3) is 4.04. The second kappa shape index (κ2) is 5.48. The third-order valence-corrected chi connectivity index (χ3v) is 3.63. The van der Waals surface area contributed by atoms with Crippen molar-refractivity contribution >= 4 is 0 Å². The molecule has 1 aliphatic heterocycles. The van der Waals surface area contributed by atoms with Crippen LogP contribution >= 0.6 is 0 Å². The Bertz CT molecular complexity index is 210. The van der Waals surface area contributed by atoms with E-state index in [0.29, 0.717) is 17.5 Å². The van der Waals surface area contributed by atoms with Crippen molar-refractivity contribution in [3.63, 3.8) is 0 Å². The lowest BCUT2D eigenvalue weighted by molar-refractivity contribution is 0.0588. The van der Waals surface area contributed by atoms with Gasteiger partial charge >= 0.3 is 0 Å². The standard InChI is InChI=1S/C13H29N3/c1-11-10-16(7-6-15(11)5)12(9-14)8-13(2,3)4/h11-12H,6-10,14H2,1-5H3. The minimum Gasteiger partial charge on any atom is -0.329 e. The lowest BCUT2D eigenvalue weighted by atomic mass is 9.87. The molecule has 1 rings (SSSR count). The second-order valence-electron chi connectivity index (χ2n) is 6.48. The summed E-state index contributed by atoms with van der Waals surface area (Å²) in [4.78, 5) is 5.01. The van der Waals surface area contributed by atoms with Gasteiger partial charge in [-0.05, 0) is 25.8 Å². The second-order valence-corrected chi connectivity index (χ2v) is 6.48. The van der Waals surface area contributed by atoms with Gasteiger partial charge in [0, 0.05) is 38.3 Å². The molecule has 2 atom stereocenters. The predicted octanol–water partition coefficient (Wildman–Crippen LogP) is 1.39. The van der Waals surface area contributed by atoms with Gasteiger partial charge in [-0.2, -0.15) is 0 Å². The summed E-state index contributed by atoms with van der Waals surface area (Å²) in [5, 5.41) is 0. The van der Waals surface area contributed by atoms with Crippen LogP contribution in [0.25, 0.3) is 0 Å². The van der Waals surface area contributed by atoms with E-state index in [9.17, 15) is 0 Å². The fourth-order valence-electron chi connectivity index (χ4n) is 2.48. The first-order valence-corrected chi connectivity index (χ1v) is 6.48. The van der Waals surface area contributed by atoms with Crippen LogP contribution in [0.1, 0.15) is 34.1 Å². The normalized spacial score (nSPS) is 27.0. The van der Waals surface area contributed by atoms with Gasteiger partial charge in [-0.1, -0.05) is 20.8 Å². The number of rotatable bonds is 3. The molecule has 1 heterocycles. The van der Waals surface area contributed by atoms with E-state index in [4.69, 9.17) is 5.73 Å². The van der Waals surface area contributed by atoms with Gasteiger partial charge in [-0.15, -0.1) is 0 Å². The fraction of sp³-hybridized carbons (Fsp3) is 1.00. The first kappa shape index (κ1) is 13.9. The predicted molar refractivity (Wildman–Crippen MR) is 70.6 cm³/mol. The minimum absolute atomic E-state index is 0.372. The topological polar surface area (TPSA) is 32.5 Å². The van der Waals surface area contributed by atoms with Gasteiger partial charge in [0.05, 0.1) is 0 Å². The molecule has 3 nitrogen and oxygen atoms in total. The molecule has 0 aliphatic carbocycles. The molecule has 96 valence electrons. The maximum atomic E-state index is 5.94. The zero-order valence-electron chi connectivity index (χ0n) is 11.7. The summed E-state index contributed by atoms with van der Waals surface area (Å²) in [6.07, 6.45) is 1.19. The van der Waals surface area contributed by atoms with E-state index >= 15 is 0 Å². The van der Waals surface area contributed by atoms with Crippen LogP contribution in [0.2, 0.25) is 0 Å². The van der Waals surface area contributed by atoms with E-state index in [2.05, 4.69) is 44.5 Å². The Labute approximate surface area is 101 Å². The SMILES string of the molecule is CC1CN(C(CN)CC(C)(C)C)CCN1C. The van der Waals surface area contributed by atoms with Crippen LogP contribution < -0.4 is 5.73 Å². The first-order chi connectivity index (χ1) is 7.33. The van der Waals surface area contributed by atoms with E-state index in [1.54, 1.807) is 0 Å². The molecule has 0 saturated carbocycles. The number of hydrogen-bond acceptors (Lipinski definition) is 3. The molecule has 1 fully saturated rings. The van der Waals surface area contributed by atoms with Crippen LogP contribution in [-0.4, -0.2) is 55.1 Å².